The van der Waals surface area contributed by atoms with E-state index in [2.05, 4.69) is 39.8 Å². The molecule has 0 bridgehead atoms. The normalized spacial score (nSPS) is 22.5. The number of carbonyl (C=O) groups is 1. The quantitative estimate of drug-likeness (QED) is 0.894. The molecule has 2 aliphatic rings. The van der Waals surface area contributed by atoms with Crippen LogP contribution in [0.1, 0.15) is 38.5 Å². The minimum absolute atomic E-state index is 0.00168. The Kier molecular flexibility index (Phi) is 4.63. The van der Waals surface area contributed by atoms with Gasteiger partial charge in [-0.3, -0.25) is 0 Å². The third kappa shape index (κ3) is 3.69. The molecule has 0 radical (unpaired) electrons. The molecule has 4 heteroatoms. The van der Waals surface area contributed by atoms with E-state index in [-0.39, 0.29) is 6.03 Å². The van der Waals surface area contributed by atoms with Crippen LogP contribution in [0.25, 0.3) is 0 Å². The number of hydrogen-bond donors (Lipinski definition) is 2. The van der Waals surface area contributed by atoms with Crippen LogP contribution in [0.5, 0.6) is 0 Å². The first kappa shape index (κ1) is 14.2. The fourth-order valence-electron chi connectivity index (χ4n) is 3.52. The van der Waals surface area contributed by atoms with Crippen LogP contribution >= 0.6 is 0 Å². The maximum atomic E-state index is 12.0. The van der Waals surface area contributed by atoms with Crippen LogP contribution in [0, 0.1) is 0 Å². The number of para-hydroxylation sites is 1. The van der Waals surface area contributed by atoms with Crippen LogP contribution in [0.15, 0.2) is 30.3 Å². The smallest absolute Gasteiger partial charge is 0.315 e. The Balaban J connectivity index is 1.48. The van der Waals surface area contributed by atoms with Crippen molar-refractivity contribution in [3.63, 3.8) is 0 Å². The number of carbonyl (C=O) groups excluding carboxylic acids is 1. The van der Waals surface area contributed by atoms with Crippen LogP contribution in [0.2, 0.25) is 0 Å². The van der Waals surface area contributed by atoms with Crippen molar-refractivity contribution < 1.29 is 4.79 Å². The molecular weight excluding hydrogens is 262 g/mol. The maximum Gasteiger partial charge on any atom is 0.315 e. The van der Waals surface area contributed by atoms with Crippen molar-refractivity contribution in [2.75, 3.05) is 18.0 Å². The Bertz CT molecular complexity index is 456. The molecule has 1 aromatic rings. The van der Waals surface area contributed by atoms with Crippen LogP contribution in [-0.2, 0) is 0 Å². The molecule has 21 heavy (non-hydrogen) atoms. The third-order valence-corrected chi connectivity index (χ3v) is 4.65. The first-order chi connectivity index (χ1) is 10.3. The number of amides is 2. The van der Waals surface area contributed by atoms with E-state index in [0.717, 1.165) is 32.4 Å². The summed E-state index contributed by atoms with van der Waals surface area (Å²) in [6.45, 7) is 1.81. The number of anilines is 1. The summed E-state index contributed by atoms with van der Waals surface area (Å²) in [6.07, 6.45) is 7.11. The number of urea groups is 1. The van der Waals surface area contributed by atoms with Crippen molar-refractivity contribution in [3.8, 4) is 0 Å². The lowest BCUT2D eigenvalue weighted by Crippen LogP contribution is -2.46. The Morgan fingerprint density at radius 1 is 1.10 bits per heavy atom. The Hall–Kier alpha value is -1.71. The summed E-state index contributed by atoms with van der Waals surface area (Å²) >= 11 is 0. The monoisotopic (exact) mass is 287 g/mol. The molecule has 1 atom stereocenters. The number of benzene rings is 1. The van der Waals surface area contributed by atoms with E-state index in [0.29, 0.717) is 12.1 Å². The molecule has 1 aromatic carbocycles. The van der Waals surface area contributed by atoms with Crippen LogP contribution in [0.3, 0.4) is 0 Å². The predicted octanol–water partition coefficient (Wildman–Crippen LogP) is 2.90. The van der Waals surface area contributed by atoms with Gasteiger partial charge in [0.2, 0.25) is 0 Å². The standard InChI is InChI=1S/C17H25N3O/c21-17(19-14-7-4-5-8-14)18-13-16-11-6-12-20(16)15-9-2-1-3-10-15/h1-3,9-10,14,16H,4-8,11-13H2,(H2,18,19,21). The molecule has 1 heterocycles. The highest BCUT2D eigenvalue weighted by Crippen LogP contribution is 2.24. The average molecular weight is 287 g/mol. The van der Waals surface area contributed by atoms with E-state index in [4.69, 9.17) is 0 Å². The van der Waals surface area contributed by atoms with Gasteiger partial charge in [-0.05, 0) is 37.8 Å². The molecule has 1 saturated carbocycles. The van der Waals surface area contributed by atoms with Gasteiger partial charge in [-0.25, -0.2) is 4.79 Å². The first-order valence-electron chi connectivity index (χ1n) is 8.19. The molecular formula is C17H25N3O. The zero-order valence-corrected chi connectivity index (χ0v) is 12.6. The first-order valence-corrected chi connectivity index (χ1v) is 8.19. The second kappa shape index (κ2) is 6.83. The topological polar surface area (TPSA) is 44.4 Å². The molecule has 0 aromatic heterocycles. The second-order valence-electron chi connectivity index (χ2n) is 6.16. The summed E-state index contributed by atoms with van der Waals surface area (Å²) in [4.78, 5) is 14.4. The highest BCUT2D eigenvalue weighted by Gasteiger charge is 2.25. The Morgan fingerprint density at radius 2 is 1.86 bits per heavy atom. The van der Waals surface area contributed by atoms with Gasteiger partial charge in [0.15, 0.2) is 0 Å². The van der Waals surface area contributed by atoms with Crippen molar-refractivity contribution in [1.82, 2.24) is 10.6 Å². The fourth-order valence-corrected chi connectivity index (χ4v) is 3.52. The van der Waals surface area contributed by atoms with Gasteiger partial charge in [0, 0.05) is 30.9 Å². The van der Waals surface area contributed by atoms with Gasteiger partial charge in [-0.2, -0.15) is 0 Å². The highest BCUT2D eigenvalue weighted by atomic mass is 16.2. The maximum absolute atomic E-state index is 12.0. The lowest BCUT2D eigenvalue weighted by atomic mass is 10.2. The fraction of sp³-hybridized carbons (Fsp3) is 0.588. The number of hydrogen-bond acceptors (Lipinski definition) is 2. The molecule has 1 aliphatic heterocycles. The molecule has 114 valence electrons. The molecule has 1 aliphatic carbocycles. The molecule has 2 N–H and O–H groups in total. The van der Waals surface area contributed by atoms with Gasteiger partial charge in [-0.15, -0.1) is 0 Å². The van der Waals surface area contributed by atoms with E-state index in [1.807, 2.05) is 6.07 Å². The molecule has 1 saturated heterocycles. The summed E-state index contributed by atoms with van der Waals surface area (Å²) in [5.74, 6) is 0. The van der Waals surface area contributed by atoms with Crippen molar-refractivity contribution in [1.29, 1.82) is 0 Å². The van der Waals surface area contributed by atoms with Gasteiger partial charge in [-0.1, -0.05) is 31.0 Å². The SMILES string of the molecule is O=C(NCC1CCCN1c1ccccc1)NC1CCCC1. The van der Waals surface area contributed by atoms with Crippen molar-refractivity contribution in [2.24, 2.45) is 0 Å². The van der Waals surface area contributed by atoms with E-state index in [1.54, 1.807) is 0 Å². The zero-order valence-electron chi connectivity index (χ0n) is 12.6. The van der Waals surface area contributed by atoms with Gasteiger partial charge >= 0.3 is 6.03 Å². The highest BCUT2D eigenvalue weighted by molar-refractivity contribution is 5.74. The van der Waals surface area contributed by atoms with Crippen molar-refractivity contribution in [3.05, 3.63) is 30.3 Å². The lowest BCUT2D eigenvalue weighted by molar-refractivity contribution is 0.236. The van der Waals surface area contributed by atoms with Crippen molar-refractivity contribution in [2.45, 2.75) is 50.6 Å². The van der Waals surface area contributed by atoms with Crippen LogP contribution < -0.4 is 15.5 Å². The van der Waals surface area contributed by atoms with Crippen molar-refractivity contribution >= 4 is 11.7 Å². The minimum atomic E-state index is 0.00168. The largest absolute Gasteiger partial charge is 0.367 e. The van der Waals surface area contributed by atoms with E-state index < -0.39 is 0 Å². The van der Waals surface area contributed by atoms with Gasteiger partial charge in [0.1, 0.15) is 0 Å². The van der Waals surface area contributed by atoms with Crippen LogP contribution in [-0.4, -0.2) is 31.2 Å². The Labute approximate surface area is 126 Å². The number of nitrogens with zero attached hydrogens (tertiary/aromatic N) is 1. The predicted molar refractivity (Wildman–Crippen MR) is 85.6 cm³/mol. The van der Waals surface area contributed by atoms with Gasteiger partial charge < -0.3 is 15.5 Å². The van der Waals surface area contributed by atoms with Crippen LogP contribution in [0.4, 0.5) is 10.5 Å². The number of nitrogens with one attached hydrogen (secondary N) is 2. The van der Waals surface area contributed by atoms with E-state index in [9.17, 15) is 4.79 Å². The minimum Gasteiger partial charge on any atom is -0.367 e. The third-order valence-electron chi connectivity index (χ3n) is 4.65. The number of rotatable bonds is 4. The summed E-state index contributed by atoms with van der Waals surface area (Å²) in [6, 6.07) is 11.3. The molecule has 4 nitrogen and oxygen atoms in total. The van der Waals surface area contributed by atoms with Gasteiger partial charge in [0.25, 0.3) is 0 Å². The summed E-state index contributed by atoms with van der Waals surface area (Å²) < 4.78 is 0. The van der Waals surface area contributed by atoms with Gasteiger partial charge in [0.05, 0.1) is 0 Å². The molecule has 0 spiro atoms. The lowest BCUT2D eigenvalue weighted by Gasteiger charge is -2.27. The second-order valence-corrected chi connectivity index (χ2v) is 6.16. The molecule has 3 rings (SSSR count). The molecule has 2 fully saturated rings. The van der Waals surface area contributed by atoms with E-state index in [1.165, 1.54) is 24.9 Å². The summed E-state index contributed by atoms with van der Waals surface area (Å²) in [5.41, 5.74) is 1.26. The summed E-state index contributed by atoms with van der Waals surface area (Å²) in [5, 5.41) is 6.15. The average Bonchev–Trinajstić information content (AvgIpc) is 3.17. The molecule has 2 amide bonds. The zero-order chi connectivity index (χ0) is 14.5. The summed E-state index contributed by atoms with van der Waals surface area (Å²) in [7, 11) is 0. The Morgan fingerprint density at radius 3 is 2.62 bits per heavy atom. The molecule has 1 unspecified atom stereocenters. The van der Waals surface area contributed by atoms with E-state index >= 15 is 0 Å².